The zero-order chi connectivity index (χ0) is 12.5. The number of hydrogen-bond acceptors (Lipinski definition) is 3. The first kappa shape index (κ1) is 14.4. The highest BCUT2D eigenvalue weighted by atomic mass is 32.2. The van der Waals surface area contributed by atoms with E-state index in [1.54, 1.807) is 6.07 Å². The highest BCUT2D eigenvalue weighted by Crippen LogP contribution is 2.21. The fraction of sp³-hybridized carbons (Fsp3) is 0.571. The summed E-state index contributed by atoms with van der Waals surface area (Å²) in [6.45, 7) is 7.96. The van der Waals surface area contributed by atoms with Gasteiger partial charge in [0.25, 0.3) is 0 Å². The van der Waals surface area contributed by atoms with Gasteiger partial charge in [0.1, 0.15) is 5.75 Å². The molecule has 1 aromatic carbocycles. The van der Waals surface area contributed by atoms with Crippen LogP contribution >= 0.6 is 11.8 Å². The molecule has 96 valence electrons. The minimum absolute atomic E-state index is 0.356. The second-order valence-corrected chi connectivity index (χ2v) is 5.36. The van der Waals surface area contributed by atoms with E-state index in [9.17, 15) is 5.11 Å². The molecule has 0 unspecified atom stereocenters. The smallest absolute Gasteiger partial charge is 0.116 e. The van der Waals surface area contributed by atoms with Crippen molar-refractivity contribution < 1.29 is 5.11 Å². The first-order valence-corrected chi connectivity index (χ1v) is 7.39. The molecule has 17 heavy (non-hydrogen) atoms. The molecule has 0 atom stereocenters. The van der Waals surface area contributed by atoms with Gasteiger partial charge in [-0.25, -0.2) is 0 Å². The van der Waals surface area contributed by atoms with E-state index in [0.717, 1.165) is 17.2 Å². The van der Waals surface area contributed by atoms with Crippen molar-refractivity contribution in [3.05, 3.63) is 24.3 Å². The van der Waals surface area contributed by atoms with Crippen LogP contribution in [-0.4, -0.2) is 35.4 Å². The highest BCUT2D eigenvalue weighted by molar-refractivity contribution is 7.99. The molecule has 0 radical (unpaired) electrons. The van der Waals surface area contributed by atoms with Gasteiger partial charge >= 0.3 is 0 Å². The molecule has 2 nitrogen and oxygen atoms in total. The molecule has 3 heteroatoms. The maximum absolute atomic E-state index is 9.37. The zero-order valence-electron chi connectivity index (χ0n) is 10.9. The number of phenolic OH excluding ortho intramolecular Hbond substituents is 1. The van der Waals surface area contributed by atoms with Crippen LogP contribution < -0.4 is 0 Å². The van der Waals surface area contributed by atoms with E-state index in [2.05, 4.69) is 18.7 Å². The van der Waals surface area contributed by atoms with E-state index in [4.69, 9.17) is 0 Å². The second-order valence-electron chi connectivity index (χ2n) is 4.19. The van der Waals surface area contributed by atoms with Gasteiger partial charge in [0, 0.05) is 17.2 Å². The van der Waals surface area contributed by atoms with E-state index < -0.39 is 0 Å². The Hall–Kier alpha value is -0.670. The number of benzene rings is 1. The van der Waals surface area contributed by atoms with E-state index >= 15 is 0 Å². The summed E-state index contributed by atoms with van der Waals surface area (Å²) in [7, 11) is 0. The lowest BCUT2D eigenvalue weighted by molar-refractivity contribution is 0.292. The summed E-state index contributed by atoms with van der Waals surface area (Å²) in [6.07, 6.45) is 2.44. The third kappa shape index (κ3) is 5.99. The van der Waals surface area contributed by atoms with Crippen LogP contribution in [-0.2, 0) is 0 Å². The summed E-state index contributed by atoms with van der Waals surface area (Å²) in [5.41, 5.74) is 0. The summed E-state index contributed by atoms with van der Waals surface area (Å²) < 4.78 is 0. The summed E-state index contributed by atoms with van der Waals surface area (Å²) in [6, 6.07) is 7.49. The lowest BCUT2D eigenvalue weighted by Crippen LogP contribution is -2.27. The van der Waals surface area contributed by atoms with Crippen LogP contribution in [0.25, 0.3) is 0 Å². The lowest BCUT2D eigenvalue weighted by Gasteiger charge is -2.20. The fourth-order valence-electron chi connectivity index (χ4n) is 1.83. The van der Waals surface area contributed by atoms with Gasteiger partial charge in [0.15, 0.2) is 0 Å². The van der Waals surface area contributed by atoms with Gasteiger partial charge in [-0.2, -0.15) is 0 Å². The molecule has 0 aliphatic rings. The molecule has 0 bridgehead atoms. The van der Waals surface area contributed by atoms with Crippen LogP contribution in [0.3, 0.4) is 0 Å². The molecule has 0 saturated carbocycles. The van der Waals surface area contributed by atoms with Gasteiger partial charge in [0.2, 0.25) is 0 Å². The Balaban J connectivity index is 2.30. The van der Waals surface area contributed by atoms with Gasteiger partial charge in [-0.15, -0.1) is 11.8 Å². The van der Waals surface area contributed by atoms with Gasteiger partial charge in [-0.3, -0.25) is 0 Å². The Kier molecular flexibility index (Phi) is 7.13. The predicted octanol–water partition coefficient (Wildman–Crippen LogP) is 3.61. The van der Waals surface area contributed by atoms with Crippen molar-refractivity contribution in [3.8, 4) is 5.75 Å². The molecule has 0 heterocycles. The summed E-state index contributed by atoms with van der Waals surface area (Å²) in [5.74, 6) is 1.44. The molecule has 0 spiro atoms. The normalized spacial score (nSPS) is 11.0. The second kappa shape index (κ2) is 8.43. The topological polar surface area (TPSA) is 23.5 Å². The molecule has 1 rings (SSSR count). The Morgan fingerprint density at radius 1 is 1.12 bits per heavy atom. The van der Waals surface area contributed by atoms with Crippen LogP contribution in [0.5, 0.6) is 5.75 Å². The molecular weight excluding hydrogens is 230 g/mol. The van der Waals surface area contributed by atoms with E-state index in [0.29, 0.717) is 5.75 Å². The number of phenols is 1. The van der Waals surface area contributed by atoms with Gasteiger partial charge in [0.05, 0.1) is 0 Å². The minimum atomic E-state index is 0.356. The molecule has 0 aliphatic heterocycles. The molecular formula is C14H23NOS. The van der Waals surface area contributed by atoms with Crippen molar-refractivity contribution in [2.75, 3.05) is 25.4 Å². The fourth-order valence-corrected chi connectivity index (χ4v) is 2.80. The van der Waals surface area contributed by atoms with Gasteiger partial charge in [-0.1, -0.05) is 19.9 Å². The average molecular weight is 253 g/mol. The predicted molar refractivity (Wildman–Crippen MR) is 75.9 cm³/mol. The SMILES string of the molecule is CCCN(CCC)CCSc1cccc(O)c1. The van der Waals surface area contributed by atoms with Crippen molar-refractivity contribution in [1.29, 1.82) is 0 Å². The summed E-state index contributed by atoms with van der Waals surface area (Å²) in [4.78, 5) is 3.66. The summed E-state index contributed by atoms with van der Waals surface area (Å²) in [5, 5.41) is 9.37. The molecule has 1 N–H and O–H groups in total. The molecule has 0 saturated heterocycles. The molecule has 1 aromatic rings. The maximum atomic E-state index is 9.37. The Labute approximate surface area is 109 Å². The Morgan fingerprint density at radius 3 is 2.41 bits per heavy atom. The van der Waals surface area contributed by atoms with Crippen LogP contribution in [0.15, 0.2) is 29.2 Å². The van der Waals surface area contributed by atoms with Crippen LogP contribution in [0.4, 0.5) is 0 Å². The number of rotatable bonds is 8. The van der Waals surface area contributed by atoms with E-state index in [1.165, 1.54) is 25.9 Å². The lowest BCUT2D eigenvalue weighted by atomic mass is 10.3. The number of hydrogen-bond donors (Lipinski definition) is 1. The first-order chi connectivity index (χ1) is 8.26. The number of nitrogens with zero attached hydrogens (tertiary/aromatic N) is 1. The minimum Gasteiger partial charge on any atom is -0.508 e. The number of thioether (sulfide) groups is 1. The van der Waals surface area contributed by atoms with E-state index in [1.807, 2.05) is 30.0 Å². The third-order valence-corrected chi connectivity index (χ3v) is 3.55. The monoisotopic (exact) mass is 253 g/mol. The highest BCUT2D eigenvalue weighted by Gasteiger charge is 2.02. The standard InChI is InChI=1S/C14H23NOS/c1-3-8-15(9-4-2)10-11-17-14-7-5-6-13(16)12-14/h5-7,12,16H,3-4,8-11H2,1-2H3. The van der Waals surface area contributed by atoms with Crippen LogP contribution in [0.1, 0.15) is 26.7 Å². The largest absolute Gasteiger partial charge is 0.508 e. The number of aromatic hydroxyl groups is 1. The van der Waals surface area contributed by atoms with Crippen molar-refractivity contribution in [3.63, 3.8) is 0 Å². The maximum Gasteiger partial charge on any atom is 0.116 e. The summed E-state index contributed by atoms with van der Waals surface area (Å²) >= 11 is 1.81. The Morgan fingerprint density at radius 2 is 1.82 bits per heavy atom. The van der Waals surface area contributed by atoms with Crippen molar-refractivity contribution in [2.45, 2.75) is 31.6 Å². The Bertz CT molecular complexity index is 311. The average Bonchev–Trinajstić information content (AvgIpc) is 2.30. The molecule has 0 fully saturated rings. The quantitative estimate of drug-likeness (QED) is 0.716. The van der Waals surface area contributed by atoms with Crippen LogP contribution in [0.2, 0.25) is 0 Å². The van der Waals surface area contributed by atoms with Crippen molar-refractivity contribution in [1.82, 2.24) is 4.90 Å². The third-order valence-electron chi connectivity index (χ3n) is 2.57. The molecule has 0 aliphatic carbocycles. The van der Waals surface area contributed by atoms with E-state index in [-0.39, 0.29) is 0 Å². The van der Waals surface area contributed by atoms with Crippen molar-refractivity contribution >= 4 is 11.8 Å². The van der Waals surface area contributed by atoms with Gasteiger partial charge < -0.3 is 10.0 Å². The molecule has 0 aromatic heterocycles. The first-order valence-electron chi connectivity index (χ1n) is 6.40. The van der Waals surface area contributed by atoms with Crippen molar-refractivity contribution in [2.24, 2.45) is 0 Å². The van der Waals surface area contributed by atoms with Crippen LogP contribution in [0, 0.1) is 0 Å². The molecule has 0 amide bonds. The zero-order valence-corrected chi connectivity index (χ0v) is 11.7. The van der Waals surface area contributed by atoms with Gasteiger partial charge in [-0.05, 0) is 44.1 Å².